The second-order valence-electron chi connectivity index (χ2n) is 3.84. The number of carbonyl (C=O) groups is 2. The Bertz CT molecular complexity index is 649. The maximum absolute atomic E-state index is 11.6. The lowest BCUT2D eigenvalue weighted by Gasteiger charge is -1.95. The first-order chi connectivity index (χ1) is 8.16. The number of amides is 2. The van der Waals surface area contributed by atoms with Crippen molar-refractivity contribution >= 4 is 28.3 Å². The number of aromatic amines is 1. The van der Waals surface area contributed by atoms with E-state index in [1.54, 1.807) is 6.07 Å². The van der Waals surface area contributed by atoms with Gasteiger partial charge in [-0.1, -0.05) is 18.2 Å². The Morgan fingerprint density at radius 1 is 1.06 bits per heavy atom. The minimum Gasteiger partial charge on any atom is -0.394 e. The molecule has 3 rings (SSSR count). The molecule has 0 fully saturated rings. The number of aromatic nitrogens is 1. The summed E-state index contributed by atoms with van der Waals surface area (Å²) in [6.07, 6.45) is 0. The molecule has 1 aliphatic rings. The van der Waals surface area contributed by atoms with Gasteiger partial charge in [0.2, 0.25) is 0 Å². The quantitative estimate of drug-likeness (QED) is 0.619. The number of carbonyl (C=O) groups excluding carboxylic acids is 2. The fourth-order valence-corrected chi connectivity index (χ4v) is 1.94. The van der Waals surface area contributed by atoms with Crippen molar-refractivity contribution in [2.75, 3.05) is 0 Å². The Labute approximate surface area is 96.3 Å². The molecule has 0 saturated heterocycles. The maximum atomic E-state index is 11.6. The second-order valence-corrected chi connectivity index (χ2v) is 3.84. The Kier molecular flexibility index (Phi) is 1.82. The Morgan fingerprint density at radius 3 is 2.47 bits per heavy atom. The molecule has 5 heteroatoms. The highest BCUT2D eigenvalue weighted by molar-refractivity contribution is 6.35. The molecule has 4 N–H and O–H groups in total. The third-order valence-electron chi connectivity index (χ3n) is 2.77. The fraction of sp³-hybridized carbons (Fsp3) is 0. The van der Waals surface area contributed by atoms with E-state index in [1.807, 2.05) is 24.3 Å². The lowest BCUT2D eigenvalue weighted by molar-refractivity contribution is -0.123. The molecule has 1 aromatic carbocycles. The number of nitrogens with two attached hydrogens (primary N) is 1. The van der Waals surface area contributed by atoms with Gasteiger partial charge < -0.3 is 10.7 Å². The summed E-state index contributed by atoms with van der Waals surface area (Å²) in [5.41, 5.74) is 7.23. The number of benzene rings is 1. The topological polar surface area (TPSA) is 88.0 Å². The second kappa shape index (κ2) is 3.21. The Balaban J connectivity index is 2.22. The zero-order chi connectivity index (χ0) is 12.0. The molecule has 0 radical (unpaired) electrons. The van der Waals surface area contributed by atoms with E-state index in [1.165, 1.54) is 0 Å². The van der Waals surface area contributed by atoms with Crippen LogP contribution >= 0.6 is 0 Å². The first-order valence-corrected chi connectivity index (χ1v) is 5.10. The van der Waals surface area contributed by atoms with Gasteiger partial charge >= 0.3 is 0 Å². The molecule has 0 saturated carbocycles. The summed E-state index contributed by atoms with van der Waals surface area (Å²) >= 11 is 0. The molecule has 2 heterocycles. The molecule has 17 heavy (non-hydrogen) atoms. The number of hydrogen-bond donors (Lipinski definition) is 3. The van der Waals surface area contributed by atoms with Crippen LogP contribution in [-0.2, 0) is 9.59 Å². The summed E-state index contributed by atoms with van der Waals surface area (Å²) in [5, 5.41) is 3.13. The molecule has 0 unspecified atom stereocenters. The predicted molar refractivity (Wildman–Crippen MR) is 62.6 cm³/mol. The molecule has 1 aromatic heterocycles. The molecule has 1 aliphatic heterocycles. The fourth-order valence-electron chi connectivity index (χ4n) is 1.94. The van der Waals surface area contributed by atoms with Gasteiger partial charge in [-0.15, -0.1) is 0 Å². The standard InChI is InChI=1S/C12H9N3O2/c13-10-9(11(16)15-12(10)17)8-5-6-3-1-2-4-7(6)14-8/h1-5,14H,(H3,13,15,16,17). The van der Waals surface area contributed by atoms with E-state index < -0.39 is 11.8 Å². The minimum atomic E-state index is -0.538. The van der Waals surface area contributed by atoms with Crippen molar-refractivity contribution in [2.45, 2.75) is 0 Å². The zero-order valence-electron chi connectivity index (χ0n) is 8.78. The van der Waals surface area contributed by atoms with Crippen molar-refractivity contribution in [3.63, 3.8) is 0 Å². The van der Waals surface area contributed by atoms with Gasteiger partial charge in [0.05, 0.1) is 11.3 Å². The zero-order valence-corrected chi connectivity index (χ0v) is 8.78. The van der Waals surface area contributed by atoms with Gasteiger partial charge in [-0.05, 0) is 12.1 Å². The number of fused-ring (bicyclic) bond motifs is 1. The summed E-state index contributed by atoms with van der Waals surface area (Å²) in [6.45, 7) is 0. The highest BCUT2D eigenvalue weighted by atomic mass is 16.2. The summed E-state index contributed by atoms with van der Waals surface area (Å²) in [7, 11) is 0. The molecule has 0 bridgehead atoms. The van der Waals surface area contributed by atoms with Crippen LogP contribution in [0.1, 0.15) is 5.69 Å². The van der Waals surface area contributed by atoms with Crippen LogP contribution in [0.15, 0.2) is 36.0 Å². The summed E-state index contributed by atoms with van der Waals surface area (Å²) < 4.78 is 0. The van der Waals surface area contributed by atoms with Crippen LogP contribution in [0.5, 0.6) is 0 Å². The van der Waals surface area contributed by atoms with E-state index in [9.17, 15) is 9.59 Å². The molecule has 5 nitrogen and oxygen atoms in total. The lowest BCUT2D eigenvalue weighted by atomic mass is 10.1. The van der Waals surface area contributed by atoms with Crippen molar-refractivity contribution in [3.8, 4) is 0 Å². The summed E-state index contributed by atoms with van der Waals surface area (Å²) in [6, 6.07) is 9.40. The average Bonchev–Trinajstić information content (AvgIpc) is 2.81. The Morgan fingerprint density at radius 2 is 1.82 bits per heavy atom. The van der Waals surface area contributed by atoms with Crippen molar-refractivity contribution in [1.29, 1.82) is 0 Å². The number of imide groups is 1. The number of para-hydroxylation sites is 1. The number of nitrogens with one attached hydrogen (secondary N) is 2. The molecular weight excluding hydrogens is 218 g/mol. The minimum absolute atomic E-state index is 0.0402. The third-order valence-corrected chi connectivity index (χ3v) is 2.77. The van der Waals surface area contributed by atoms with Gasteiger partial charge in [0.25, 0.3) is 11.8 Å². The smallest absolute Gasteiger partial charge is 0.274 e. The molecule has 0 aliphatic carbocycles. The van der Waals surface area contributed by atoms with Crippen LogP contribution in [0.3, 0.4) is 0 Å². The lowest BCUT2D eigenvalue weighted by Crippen LogP contribution is -2.24. The summed E-state index contributed by atoms with van der Waals surface area (Å²) in [5.74, 6) is -0.997. The largest absolute Gasteiger partial charge is 0.394 e. The van der Waals surface area contributed by atoms with Crippen molar-refractivity contribution in [3.05, 3.63) is 41.7 Å². The van der Waals surface area contributed by atoms with Gasteiger partial charge in [-0.3, -0.25) is 14.9 Å². The number of rotatable bonds is 1. The van der Waals surface area contributed by atoms with Crippen molar-refractivity contribution < 1.29 is 9.59 Å². The average molecular weight is 227 g/mol. The normalized spacial score (nSPS) is 15.8. The molecule has 84 valence electrons. The third kappa shape index (κ3) is 1.32. The van der Waals surface area contributed by atoms with E-state index in [-0.39, 0.29) is 11.3 Å². The van der Waals surface area contributed by atoms with Crippen LogP contribution < -0.4 is 11.1 Å². The SMILES string of the molecule is NC1=C(c2cc3ccccc3[nH]2)C(=O)NC1=O. The number of hydrogen-bond acceptors (Lipinski definition) is 3. The van der Waals surface area contributed by atoms with Gasteiger partial charge in [0.15, 0.2) is 0 Å². The first kappa shape index (κ1) is 9.65. The van der Waals surface area contributed by atoms with Gasteiger partial charge in [0, 0.05) is 10.9 Å². The predicted octanol–water partition coefficient (Wildman–Crippen LogP) is 0.494. The molecular formula is C12H9N3O2. The van der Waals surface area contributed by atoms with E-state index in [2.05, 4.69) is 10.3 Å². The van der Waals surface area contributed by atoms with E-state index >= 15 is 0 Å². The van der Waals surface area contributed by atoms with Gasteiger partial charge in [0.1, 0.15) is 5.70 Å². The van der Waals surface area contributed by atoms with Crippen LogP contribution in [0.25, 0.3) is 16.5 Å². The highest BCUT2D eigenvalue weighted by Crippen LogP contribution is 2.24. The van der Waals surface area contributed by atoms with E-state index in [0.29, 0.717) is 5.69 Å². The molecule has 0 spiro atoms. The van der Waals surface area contributed by atoms with Crippen molar-refractivity contribution in [2.24, 2.45) is 5.73 Å². The number of H-pyrrole nitrogens is 1. The van der Waals surface area contributed by atoms with E-state index in [4.69, 9.17) is 5.73 Å². The molecule has 2 aromatic rings. The maximum Gasteiger partial charge on any atom is 0.274 e. The van der Waals surface area contributed by atoms with Gasteiger partial charge in [-0.2, -0.15) is 0 Å². The van der Waals surface area contributed by atoms with Gasteiger partial charge in [-0.25, -0.2) is 0 Å². The highest BCUT2D eigenvalue weighted by Gasteiger charge is 2.30. The monoisotopic (exact) mass is 227 g/mol. The first-order valence-electron chi connectivity index (χ1n) is 5.10. The van der Waals surface area contributed by atoms with Crippen LogP contribution in [-0.4, -0.2) is 16.8 Å². The van der Waals surface area contributed by atoms with Crippen LogP contribution in [0.4, 0.5) is 0 Å². The van der Waals surface area contributed by atoms with Crippen molar-refractivity contribution in [1.82, 2.24) is 10.3 Å². The Hall–Kier alpha value is -2.56. The van der Waals surface area contributed by atoms with E-state index in [0.717, 1.165) is 10.9 Å². The molecule has 0 atom stereocenters. The summed E-state index contributed by atoms with van der Waals surface area (Å²) in [4.78, 5) is 25.9. The molecule has 2 amide bonds. The van der Waals surface area contributed by atoms with Crippen LogP contribution in [0.2, 0.25) is 0 Å². The van der Waals surface area contributed by atoms with Crippen LogP contribution in [0, 0.1) is 0 Å².